The zero-order valence-corrected chi connectivity index (χ0v) is 33.0. The molecule has 2 nitrogen and oxygen atoms in total. The molecule has 11 aromatic rings. The molecule has 60 heavy (non-hydrogen) atoms. The summed E-state index contributed by atoms with van der Waals surface area (Å²) in [5.74, 6) is 0. The molecular weight excluding hydrogens is 725 g/mol. The largest absolute Gasteiger partial charge is 0.310 e. The van der Waals surface area contributed by atoms with Crippen LogP contribution in [0.2, 0.25) is 0 Å². The molecule has 0 amide bonds. The molecule has 10 aromatic carbocycles. The Morgan fingerprint density at radius 2 is 0.850 bits per heavy atom. The van der Waals surface area contributed by atoms with Crippen molar-refractivity contribution in [2.24, 2.45) is 0 Å². The maximum absolute atomic E-state index is 2.47. The molecule has 0 aliphatic rings. The second-order valence-electron chi connectivity index (χ2n) is 15.3. The summed E-state index contributed by atoms with van der Waals surface area (Å²) in [6, 6.07) is 87.9. The fraction of sp³-hybridized carbons (Fsp3) is 0. The van der Waals surface area contributed by atoms with Crippen LogP contribution in [0.15, 0.2) is 243 Å². The zero-order chi connectivity index (χ0) is 39.8. The number of aromatic nitrogens is 1. The van der Waals surface area contributed by atoms with E-state index in [0.717, 1.165) is 39.4 Å². The van der Waals surface area contributed by atoms with E-state index in [0.29, 0.717) is 0 Å². The maximum atomic E-state index is 2.47. The van der Waals surface area contributed by atoms with Gasteiger partial charge in [-0.05, 0) is 105 Å². The van der Waals surface area contributed by atoms with Crippen LogP contribution in [-0.2, 0) is 0 Å². The predicted octanol–water partition coefficient (Wildman–Crippen LogP) is 16.1. The number of para-hydroxylation sites is 2. The van der Waals surface area contributed by atoms with Crippen LogP contribution in [0.4, 0.5) is 17.1 Å². The van der Waals surface area contributed by atoms with Crippen molar-refractivity contribution in [2.45, 2.75) is 0 Å². The van der Waals surface area contributed by atoms with Crippen LogP contribution >= 0.6 is 0 Å². The molecule has 1 heterocycles. The van der Waals surface area contributed by atoms with Crippen molar-refractivity contribution in [1.82, 2.24) is 4.57 Å². The Morgan fingerprint density at radius 3 is 1.57 bits per heavy atom. The van der Waals surface area contributed by atoms with Gasteiger partial charge in [-0.3, -0.25) is 0 Å². The number of benzene rings is 10. The molecular formula is C58H40N2. The van der Waals surface area contributed by atoms with E-state index in [1.807, 2.05) is 0 Å². The van der Waals surface area contributed by atoms with E-state index in [2.05, 4.69) is 252 Å². The molecule has 0 atom stereocenters. The highest BCUT2D eigenvalue weighted by atomic mass is 15.1. The first-order valence-corrected chi connectivity index (χ1v) is 20.6. The van der Waals surface area contributed by atoms with E-state index in [1.165, 1.54) is 60.4 Å². The van der Waals surface area contributed by atoms with Gasteiger partial charge >= 0.3 is 0 Å². The smallest absolute Gasteiger partial charge is 0.0547 e. The number of anilines is 3. The molecule has 0 spiro atoms. The van der Waals surface area contributed by atoms with Crippen molar-refractivity contribution in [3.05, 3.63) is 243 Å². The second-order valence-corrected chi connectivity index (χ2v) is 15.3. The van der Waals surface area contributed by atoms with Crippen molar-refractivity contribution in [3.8, 4) is 50.2 Å². The summed E-state index contributed by atoms with van der Waals surface area (Å²) in [4.78, 5) is 2.41. The molecule has 0 aliphatic heterocycles. The Bertz CT molecular complexity index is 3300. The van der Waals surface area contributed by atoms with Gasteiger partial charge in [0.1, 0.15) is 0 Å². The molecule has 1 aromatic heterocycles. The van der Waals surface area contributed by atoms with E-state index in [1.54, 1.807) is 0 Å². The Hall–Kier alpha value is -7.94. The summed E-state index contributed by atoms with van der Waals surface area (Å²) in [6.45, 7) is 0. The Kier molecular flexibility index (Phi) is 8.87. The van der Waals surface area contributed by atoms with Gasteiger partial charge in [0, 0.05) is 33.3 Å². The maximum Gasteiger partial charge on any atom is 0.0547 e. The lowest BCUT2D eigenvalue weighted by Crippen LogP contribution is -2.11. The van der Waals surface area contributed by atoms with E-state index in [4.69, 9.17) is 0 Å². The Morgan fingerprint density at radius 1 is 0.300 bits per heavy atom. The van der Waals surface area contributed by atoms with Crippen molar-refractivity contribution in [1.29, 1.82) is 0 Å². The highest BCUT2D eigenvalue weighted by molar-refractivity contribution is 6.21. The van der Waals surface area contributed by atoms with Crippen molar-refractivity contribution in [2.75, 3.05) is 4.90 Å². The monoisotopic (exact) mass is 764 g/mol. The summed E-state index contributed by atoms with van der Waals surface area (Å²) in [5, 5.41) is 5.03. The van der Waals surface area contributed by atoms with Crippen LogP contribution in [0.25, 0.3) is 82.8 Å². The minimum atomic E-state index is 1.08. The number of fused-ring (bicyclic) bond motifs is 5. The lowest BCUT2D eigenvalue weighted by atomic mass is 9.95. The third-order valence-corrected chi connectivity index (χ3v) is 11.8. The minimum absolute atomic E-state index is 1.08. The van der Waals surface area contributed by atoms with E-state index >= 15 is 0 Å². The highest BCUT2D eigenvalue weighted by Gasteiger charge is 2.21. The average Bonchev–Trinajstić information content (AvgIpc) is 3.67. The molecule has 0 N–H and O–H groups in total. The van der Waals surface area contributed by atoms with Gasteiger partial charge in [-0.2, -0.15) is 0 Å². The van der Waals surface area contributed by atoms with Gasteiger partial charge in [0.15, 0.2) is 0 Å². The van der Waals surface area contributed by atoms with Crippen LogP contribution in [0.3, 0.4) is 0 Å². The molecule has 11 rings (SSSR count). The topological polar surface area (TPSA) is 8.17 Å². The summed E-state index contributed by atoms with van der Waals surface area (Å²) in [7, 11) is 0. The summed E-state index contributed by atoms with van der Waals surface area (Å²) in [5.41, 5.74) is 16.1. The average molecular weight is 765 g/mol. The van der Waals surface area contributed by atoms with Crippen molar-refractivity contribution >= 4 is 49.6 Å². The van der Waals surface area contributed by atoms with Crippen molar-refractivity contribution in [3.63, 3.8) is 0 Å². The number of nitrogens with zero attached hydrogens (tertiary/aromatic N) is 2. The van der Waals surface area contributed by atoms with E-state index < -0.39 is 0 Å². The molecule has 0 saturated heterocycles. The molecule has 282 valence electrons. The Labute approximate surface area is 350 Å². The highest BCUT2D eigenvalue weighted by Crippen LogP contribution is 2.45. The third-order valence-electron chi connectivity index (χ3n) is 11.8. The fourth-order valence-electron chi connectivity index (χ4n) is 8.98. The number of hydrogen-bond acceptors (Lipinski definition) is 1. The van der Waals surface area contributed by atoms with Gasteiger partial charge in [0.05, 0.1) is 22.4 Å². The van der Waals surface area contributed by atoms with Crippen LogP contribution < -0.4 is 4.90 Å². The lowest BCUT2D eigenvalue weighted by molar-refractivity contribution is 1.18. The van der Waals surface area contributed by atoms with Crippen LogP contribution in [0, 0.1) is 0 Å². The molecule has 0 unspecified atom stereocenters. The summed E-state index contributed by atoms with van der Waals surface area (Å²) in [6.07, 6.45) is 0. The first-order chi connectivity index (χ1) is 29.8. The van der Waals surface area contributed by atoms with Gasteiger partial charge in [-0.1, -0.05) is 182 Å². The minimum Gasteiger partial charge on any atom is -0.310 e. The zero-order valence-electron chi connectivity index (χ0n) is 33.0. The normalized spacial score (nSPS) is 11.3. The van der Waals surface area contributed by atoms with Crippen molar-refractivity contribution < 1.29 is 0 Å². The number of rotatable bonds is 8. The Balaban J connectivity index is 1.15. The van der Waals surface area contributed by atoms with Gasteiger partial charge in [-0.15, -0.1) is 0 Å². The number of hydrogen-bond donors (Lipinski definition) is 0. The second kappa shape index (κ2) is 15.1. The fourth-order valence-corrected chi connectivity index (χ4v) is 8.98. The SMILES string of the molecule is c1ccc(-c2ccc(N(c3ccccc3)c3cccc(-c4cc(-c5ccccc5)ccc4-n4c5ccccc5c5c6ccccc6ccc54)c3)c(-c3ccccc3)c2)cc1. The van der Waals surface area contributed by atoms with Crippen LogP contribution in [-0.4, -0.2) is 4.57 Å². The standard InChI is InChI=1S/C58H40N2/c1-5-18-41(19-6-1)45-33-35-55(52(39-45)43-22-9-3-10-23-43)59(48-26-11-4-12-27-48)49-28-17-25-47(38-49)53-40-46(42-20-7-2-8-21-42)34-36-56(53)60-54-31-16-15-30-51(54)58-50-29-14-13-24-44(50)32-37-57(58)60/h1-40H. The van der Waals surface area contributed by atoms with E-state index in [9.17, 15) is 0 Å². The molecule has 0 aliphatic carbocycles. The quantitative estimate of drug-likeness (QED) is 0.150. The molecule has 0 bridgehead atoms. The first-order valence-electron chi connectivity index (χ1n) is 20.6. The summed E-state index contributed by atoms with van der Waals surface area (Å²) >= 11 is 0. The van der Waals surface area contributed by atoms with Gasteiger partial charge in [-0.25, -0.2) is 0 Å². The van der Waals surface area contributed by atoms with Gasteiger partial charge < -0.3 is 9.47 Å². The third kappa shape index (κ3) is 6.23. The lowest BCUT2D eigenvalue weighted by Gasteiger charge is -2.29. The van der Waals surface area contributed by atoms with Crippen LogP contribution in [0.5, 0.6) is 0 Å². The molecule has 0 radical (unpaired) electrons. The van der Waals surface area contributed by atoms with Crippen LogP contribution in [0.1, 0.15) is 0 Å². The van der Waals surface area contributed by atoms with Gasteiger partial charge in [0.25, 0.3) is 0 Å². The first kappa shape index (κ1) is 35.2. The molecule has 0 saturated carbocycles. The van der Waals surface area contributed by atoms with E-state index in [-0.39, 0.29) is 0 Å². The molecule has 0 fully saturated rings. The predicted molar refractivity (Wildman–Crippen MR) is 255 cm³/mol. The molecule has 2 heteroatoms. The summed E-state index contributed by atoms with van der Waals surface area (Å²) < 4.78 is 2.47. The van der Waals surface area contributed by atoms with Gasteiger partial charge in [0.2, 0.25) is 0 Å².